The quantitative estimate of drug-likeness (QED) is 0.492. The minimum absolute atomic E-state index is 0.0324. The second-order valence-electron chi connectivity index (χ2n) is 4.10. The molecule has 3 N–H and O–H groups in total. The van der Waals surface area contributed by atoms with Gasteiger partial charge in [-0.25, -0.2) is 0 Å². The van der Waals surface area contributed by atoms with Gasteiger partial charge in [0.25, 0.3) is 0 Å². The maximum atomic E-state index is 7.32. The van der Waals surface area contributed by atoms with E-state index in [0.717, 1.165) is 5.56 Å². The van der Waals surface area contributed by atoms with Gasteiger partial charge in [0, 0.05) is 11.6 Å². The Morgan fingerprint density at radius 2 is 1.60 bits per heavy atom. The molecule has 0 radical (unpaired) electrons. The molecule has 0 fully saturated rings. The van der Waals surface area contributed by atoms with Crippen LogP contribution in [0.15, 0.2) is 36.4 Å². The third kappa shape index (κ3) is 3.57. The lowest BCUT2D eigenvalue weighted by molar-refractivity contribution is 0.306. The molecule has 0 aliphatic rings. The number of nitrogens with two attached hydrogens (primary N) is 1. The fourth-order valence-electron chi connectivity index (χ4n) is 1.56. The van der Waals surface area contributed by atoms with E-state index < -0.39 is 0 Å². The maximum absolute atomic E-state index is 7.32. The molecule has 20 heavy (non-hydrogen) atoms. The first-order valence-electron chi connectivity index (χ1n) is 5.68. The number of halogens is 3. The highest BCUT2D eigenvalue weighted by molar-refractivity contribution is 6.43. The van der Waals surface area contributed by atoms with Gasteiger partial charge in [-0.15, -0.1) is 0 Å². The average Bonchev–Trinajstić information content (AvgIpc) is 2.42. The van der Waals surface area contributed by atoms with Gasteiger partial charge in [0.15, 0.2) is 0 Å². The van der Waals surface area contributed by atoms with Gasteiger partial charge in [-0.1, -0.05) is 59.1 Å². The zero-order valence-corrected chi connectivity index (χ0v) is 12.6. The normalized spacial score (nSPS) is 10.3. The van der Waals surface area contributed by atoms with Crippen LogP contribution in [0, 0.1) is 5.41 Å². The van der Waals surface area contributed by atoms with Crippen molar-refractivity contribution in [1.82, 2.24) is 0 Å². The summed E-state index contributed by atoms with van der Waals surface area (Å²) in [7, 11) is 0. The Morgan fingerprint density at radius 1 is 1.00 bits per heavy atom. The monoisotopic (exact) mass is 328 g/mol. The highest BCUT2D eigenvalue weighted by atomic mass is 35.5. The van der Waals surface area contributed by atoms with Crippen LogP contribution in [0.5, 0.6) is 5.75 Å². The van der Waals surface area contributed by atoms with E-state index in [-0.39, 0.29) is 5.84 Å². The molecule has 2 aromatic rings. The molecule has 0 aliphatic heterocycles. The van der Waals surface area contributed by atoms with Crippen molar-refractivity contribution in [3.8, 4) is 5.75 Å². The van der Waals surface area contributed by atoms with Gasteiger partial charge >= 0.3 is 0 Å². The van der Waals surface area contributed by atoms with Crippen molar-refractivity contribution in [2.75, 3.05) is 0 Å². The molecule has 0 heterocycles. The lowest BCUT2D eigenvalue weighted by Crippen LogP contribution is -2.10. The van der Waals surface area contributed by atoms with Crippen molar-refractivity contribution in [3.05, 3.63) is 62.6 Å². The van der Waals surface area contributed by atoms with E-state index in [4.69, 9.17) is 50.7 Å². The fraction of sp³-hybridized carbons (Fsp3) is 0.0714. The Kier molecular flexibility index (Phi) is 4.76. The topological polar surface area (TPSA) is 59.1 Å². The molecule has 2 rings (SSSR count). The summed E-state index contributed by atoms with van der Waals surface area (Å²) in [6.07, 6.45) is 0. The third-order valence-electron chi connectivity index (χ3n) is 2.63. The minimum atomic E-state index is 0.0324. The van der Waals surface area contributed by atoms with Crippen molar-refractivity contribution in [2.45, 2.75) is 6.61 Å². The largest absolute Gasteiger partial charge is 0.487 e. The Bertz CT molecular complexity index is 642. The second kappa shape index (κ2) is 6.35. The van der Waals surface area contributed by atoms with Gasteiger partial charge in [-0.3, -0.25) is 5.41 Å². The van der Waals surface area contributed by atoms with Gasteiger partial charge in [0.2, 0.25) is 0 Å². The van der Waals surface area contributed by atoms with Crippen molar-refractivity contribution in [2.24, 2.45) is 5.73 Å². The SMILES string of the molecule is N=C(N)c1ccc(COc2cc(Cl)c(Cl)cc2Cl)cc1. The van der Waals surface area contributed by atoms with Gasteiger partial charge in [-0.05, 0) is 11.6 Å². The molecule has 0 unspecified atom stereocenters. The van der Waals surface area contributed by atoms with E-state index >= 15 is 0 Å². The van der Waals surface area contributed by atoms with E-state index in [1.807, 2.05) is 12.1 Å². The molecule has 3 nitrogen and oxygen atoms in total. The number of hydrogen-bond donors (Lipinski definition) is 2. The molecule has 0 saturated heterocycles. The fourth-order valence-corrected chi connectivity index (χ4v) is 2.15. The van der Waals surface area contributed by atoms with Gasteiger partial charge in [-0.2, -0.15) is 0 Å². The Morgan fingerprint density at radius 3 is 2.20 bits per heavy atom. The lowest BCUT2D eigenvalue weighted by atomic mass is 10.1. The summed E-state index contributed by atoms with van der Waals surface area (Å²) in [5, 5.41) is 8.49. The summed E-state index contributed by atoms with van der Waals surface area (Å²) in [5.41, 5.74) is 6.98. The molecule has 0 aliphatic carbocycles. The van der Waals surface area contributed by atoms with Crippen LogP contribution in [0.25, 0.3) is 0 Å². The zero-order valence-electron chi connectivity index (χ0n) is 10.3. The number of ether oxygens (including phenoxy) is 1. The van der Waals surface area contributed by atoms with Crippen molar-refractivity contribution in [1.29, 1.82) is 5.41 Å². The predicted molar refractivity (Wildman–Crippen MR) is 83.3 cm³/mol. The van der Waals surface area contributed by atoms with Crippen LogP contribution in [0.3, 0.4) is 0 Å². The van der Waals surface area contributed by atoms with Crippen molar-refractivity contribution >= 4 is 40.6 Å². The van der Waals surface area contributed by atoms with E-state index in [2.05, 4.69) is 0 Å². The number of rotatable bonds is 4. The Balaban J connectivity index is 2.09. The number of amidine groups is 1. The third-order valence-corrected chi connectivity index (χ3v) is 3.65. The molecule has 6 heteroatoms. The molecule has 0 saturated carbocycles. The second-order valence-corrected chi connectivity index (χ2v) is 5.32. The van der Waals surface area contributed by atoms with Gasteiger partial charge in [0.1, 0.15) is 18.2 Å². The number of nitrogens with one attached hydrogen (secondary N) is 1. The molecular weight excluding hydrogens is 319 g/mol. The lowest BCUT2D eigenvalue weighted by Gasteiger charge is -2.09. The highest BCUT2D eigenvalue weighted by Crippen LogP contribution is 2.34. The molecule has 2 aromatic carbocycles. The summed E-state index contributed by atoms with van der Waals surface area (Å²) in [5.74, 6) is 0.502. The van der Waals surface area contributed by atoms with E-state index in [0.29, 0.717) is 33.0 Å². The Labute approximate surface area is 131 Å². The first kappa shape index (κ1) is 15.0. The number of nitrogen functional groups attached to an aromatic ring is 1. The summed E-state index contributed by atoms with van der Waals surface area (Å²) in [6.45, 7) is 0.329. The van der Waals surface area contributed by atoms with Crippen LogP contribution in [-0.4, -0.2) is 5.84 Å². The summed E-state index contributed by atoms with van der Waals surface area (Å²) < 4.78 is 5.60. The molecule has 0 aromatic heterocycles. The molecule has 0 atom stereocenters. The maximum Gasteiger partial charge on any atom is 0.139 e. The van der Waals surface area contributed by atoms with Crippen molar-refractivity contribution in [3.63, 3.8) is 0 Å². The van der Waals surface area contributed by atoms with E-state index in [9.17, 15) is 0 Å². The predicted octanol–water partition coefficient (Wildman–Crippen LogP) is 4.51. The van der Waals surface area contributed by atoms with Gasteiger partial charge in [0.05, 0.1) is 15.1 Å². The van der Waals surface area contributed by atoms with Crippen LogP contribution in [0.2, 0.25) is 15.1 Å². The van der Waals surface area contributed by atoms with Crippen LogP contribution in [-0.2, 0) is 6.61 Å². The minimum Gasteiger partial charge on any atom is -0.487 e. The summed E-state index contributed by atoms with van der Waals surface area (Å²) >= 11 is 17.8. The van der Waals surface area contributed by atoms with Crippen LogP contribution in [0.4, 0.5) is 0 Å². The van der Waals surface area contributed by atoms with Crippen molar-refractivity contribution < 1.29 is 4.74 Å². The molecule has 0 amide bonds. The molecular formula is C14H11Cl3N2O. The summed E-state index contributed by atoms with van der Waals surface area (Å²) in [4.78, 5) is 0. The molecule has 0 spiro atoms. The summed E-state index contributed by atoms with van der Waals surface area (Å²) in [6, 6.07) is 10.3. The van der Waals surface area contributed by atoms with Crippen LogP contribution < -0.4 is 10.5 Å². The first-order valence-corrected chi connectivity index (χ1v) is 6.81. The van der Waals surface area contributed by atoms with E-state index in [1.165, 1.54) is 0 Å². The smallest absolute Gasteiger partial charge is 0.139 e. The molecule has 104 valence electrons. The standard InChI is InChI=1S/C14H11Cl3N2O/c15-10-5-12(17)13(6-11(10)16)20-7-8-1-3-9(4-2-8)14(18)19/h1-6H,7H2,(H3,18,19). The van der Waals surface area contributed by atoms with Crippen LogP contribution >= 0.6 is 34.8 Å². The number of benzene rings is 2. The van der Waals surface area contributed by atoms with Crippen LogP contribution in [0.1, 0.15) is 11.1 Å². The Hall–Kier alpha value is -1.42. The zero-order chi connectivity index (χ0) is 14.7. The number of hydrogen-bond acceptors (Lipinski definition) is 2. The highest BCUT2D eigenvalue weighted by Gasteiger charge is 2.07. The molecule has 0 bridgehead atoms. The first-order chi connectivity index (χ1) is 9.47. The van der Waals surface area contributed by atoms with E-state index in [1.54, 1.807) is 24.3 Å². The van der Waals surface area contributed by atoms with Gasteiger partial charge < -0.3 is 10.5 Å². The average molecular weight is 330 g/mol.